The van der Waals surface area contributed by atoms with Gasteiger partial charge in [0.25, 0.3) is 0 Å². The molecule has 3 heteroatoms. The summed E-state index contributed by atoms with van der Waals surface area (Å²) in [7, 11) is 4.01. The number of aliphatic hydroxyl groups excluding tert-OH is 1. The summed E-state index contributed by atoms with van der Waals surface area (Å²) in [6.45, 7) is 2.88. The summed E-state index contributed by atoms with van der Waals surface area (Å²) in [6.07, 6.45) is 0.886. The highest BCUT2D eigenvalue weighted by atomic mass is 16.3. The van der Waals surface area contributed by atoms with Crippen LogP contribution in [-0.4, -0.2) is 54.9 Å². The van der Waals surface area contributed by atoms with Gasteiger partial charge in [-0.15, -0.1) is 0 Å². The fraction of sp³-hybridized carbons (Fsp3) is 1.00. The van der Waals surface area contributed by atoms with Crippen molar-refractivity contribution in [3.63, 3.8) is 0 Å². The highest BCUT2D eigenvalue weighted by Gasteiger charge is 2.16. The summed E-state index contributed by atoms with van der Waals surface area (Å²) < 4.78 is 0. The topological polar surface area (TPSA) is 26.7 Å². The lowest BCUT2D eigenvalue weighted by atomic mass is 10.4. The van der Waals surface area contributed by atoms with Crippen LogP contribution in [0.2, 0.25) is 0 Å². The van der Waals surface area contributed by atoms with Crippen LogP contribution in [0.3, 0.4) is 0 Å². The summed E-state index contributed by atoms with van der Waals surface area (Å²) in [5.74, 6) is 0. The van der Waals surface area contributed by atoms with Crippen molar-refractivity contribution in [1.82, 2.24) is 9.80 Å². The molecule has 1 rings (SSSR count). The van der Waals surface area contributed by atoms with Crippen LogP contribution in [0.25, 0.3) is 0 Å². The number of nitrogens with zero attached hydrogens (tertiary/aromatic N) is 2. The second kappa shape index (κ2) is 3.32. The highest BCUT2D eigenvalue weighted by molar-refractivity contribution is 4.67. The molecule has 1 heterocycles. The second-order valence-electron chi connectivity index (χ2n) is 3.08. The van der Waals surface area contributed by atoms with E-state index in [1.54, 1.807) is 0 Å². The van der Waals surface area contributed by atoms with Crippen molar-refractivity contribution in [3.8, 4) is 0 Å². The molecule has 0 radical (unpaired) electrons. The van der Waals surface area contributed by atoms with Crippen molar-refractivity contribution < 1.29 is 5.11 Å². The SMILES string of the molecule is CN1CCCN(C)C(O)C1. The average molecular weight is 144 g/mol. The van der Waals surface area contributed by atoms with Gasteiger partial charge < -0.3 is 10.0 Å². The van der Waals surface area contributed by atoms with Gasteiger partial charge in [0.15, 0.2) is 0 Å². The van der Waals surface area contributed by atoms with Crippen LogP contribution >= 0.6 is 0 Å². The third kappa shape index (κ3) is 1.94. The number of β-amino-alcohol motifs (C(OH)–C–C–N with tert-alkyl or cyclic N) is 1. The van der Waals surface area contributed by atoms with Gasteiger partial charge in [0.2, 0.25) is 0 Å². The van der Waals surface area contributed by atoms with E-state index in [2.05, 4.69) is 4.90 Å². The fourth-order valence-corrected chi connectivity index (χ4v) is 1.25. The van der Waals surface area contributed by atoms with Gasteiger partial charge in [-0.3, -0.25) is 4.90 Å². The number of hydrogen-bond donors (Lipinski definition) is 1. The molecular weight excluding hydrogens is 128 g/mol. The molecule has 10 heavy (non-hydrogen) atoms. The average Bonchev–Trinajstić information content (AvgIpc) is 1.96. The first-order chi connectivity index (χ1) is 4.70. The Labute approximate surface area is 62.2 Å². The summed E-state index contributed by atoms with van der Waals surface area (Å²) in [4.78, 5) is 4.15. The molecule has 3 nitrogen and oxygen atoms in total. The predicted molar refractivity (Wildman–Crippen MR) is 40.8 cm³/mol. The minimum absolute atomic E-state index is 0.271. The van der Waals surface area contributed by atoms with Gasteiger partial charge in [-0.05, 0) is 27.1 Å². The first-order valence-corrected chi connectivity index (χ1v) is 3.77. The number of aliphatic hydroxyl groups is 1. The Hall–Kier alpha value is -0.120. The van der Waals surface area contributed by atoms with Crippen molar-refractivity contribution in [2.45, 2.75) is 12.6 Å². The molecule has 0 bridgehead atoms. The van der Waals surface area contributed by atoms with Crippen LogP contribution in [-0.2, 0) is 0 Å². The molecule has 0 aromatic rings. The number of rotatable bonds is 0. The molecule has 1 fully saturated rings. The Kier molecular flexibility index (Phi) is 2.65. The van der Waals surface area contributed by atoms with Gasteiger partial charge in [-0.1, -0.05) is 0 Å². The number of likely N-dealkylation sites (N-methyl/N-ethyl adjacent to an activating group) is 2. The maximum Gasteiger partial charge on any atom is 0.119 e. The molecule has 0 spiro atoms. The minimum atomic E-state index is -0.271. The van der Waals surface area contributed by atoms with Crippen LogP contribution in [0.1, 0.15) is 6.42 Å². The molecule has 1 unspecified atom stereocenters. The van der Waals surface area contributed by atoms with E-state index >= 15 is 0 Å². The third-order valence-electron chi connectivity index (χ3n) is 2.03. The van der Waals surface area contributed by atoms with E-state index in [9.17, 15) is 5.11 Å². The van der Waals surface area contributed by atoms with Crippen molar-refractivity contribution in [1.29, 1.82) is 0 Å². The zero-order valence-corrected chi connectivity index (χ0v) is 6.75. The van der Waals surface area contributed by atoms with E-state index in [0.29, 0.717) is 0 Å². The van der Waals surface area contributed by atoms with Gasteiger partial charge >= 0.3 is 0 Å². The molecule has 1 atom stereocenters. The quantitative estimate of drug-likeness (QED) is 0.500. The Morgan fingerprint density at radius 1 is 1.30 bits per heavy atom. The van der Waals surface area contributed by atoms with Gasteiger partial charge in [-0.2, -0.15) is 0 Å². The minimum Gasteiger partial charge on any atom is -0.377 e. The zero-order valence-electron chi connectivity index (χ0n) is 6.75. The summed E-state index contributed by atoms with van der Waals surface area (Å²) >= 11 is 0. The molecule has 0 amide bonds. The Morgan fingerprint density at radius 3 is 2.70 bits per heavy atom. The first-order valence-electron chi connectivity index (χ1n) is 3.77. The molecule has 0 aromatic carbocycles. The molecule has 1 saturated heterocycles. The van der Waals surface area contributed by atoms with Crippen molar-refractivity contribution in [2.75, 3.05) is 33.7 Å². The molecule has 0 saturated carbocycles. The Bertz CT molecular complexity index is 108. The number of hydrogen-bond acceptors (Lipinski definition) is 3. The van der Waals surface area contributed by atoms with E-state index in [0.717, 1.165) is 26.1 Å². The lowest BCUT2D eigenvalue weighted by molar-refractivity contribution is 0.0163. The molecule has 1 aliphatic rings. The largest absolute Gasteiger partial charge is 0.377 e. The van der Waals surface area contributed by atoms with E-state index in [1.807, 2.05) is 19.0 Å². The summed E-state index contributed by atoms with van der Waals surface area (Å²) in [6, 6.07) is 0. The van der Waals surface area contributed by atoms with E-state index in [1.165, 1.54) is 0 Å². The smallest absolute Gasteiger partial charge is 0.119 e. The van der Waals surface area contributed by atoms with Crippen LogP contribution in [0.15, 0.2) is 0 Å². The third-order valence-corrected chi connectivity index (χ3v) is 2.03. The van der Waals surface area contributed by atoms with E-state index < -0.39 is 0 Å². The highest BCUT2D eigenvalue weighted by Crippen LogP contribution is 2.02. The van der Waals surface area contributed by atoms with Crippen LogP contribution in [0.5, 0.6) is 0 Å². The monoisotopic (exact) mass is 144 g/mol. The molecular formula is C7H16N2O. The lowest BCUT2D eigenvalue weighted by Crippen LogP contribution is -2.37. The fourth-order valence-electron chi connectivity index (χ4n) is 1.25. The van der Waals surface area contributed by atoms with Crippen LogP contribution in [0.4, 0.5) is 0 Å². The molecule has 0 aliphatic carbocycles. The van der Waals surface area contributed by atoms with Gasteiger partial charge in [0.05, 0.1) is 0 Å². The maximum atomic E-state index is 9.41. The van der Waals surface area contributed by atoms with Gasteiger partial charge in [0.1, 0.15) is 6.23 Å². The molecule has 60 valence electrons. The van der Waals surface area contributed by atoms with Crippen molar-refractivity contribution in [3.05, 3.63) is 0 Å². The van der Waals surface area contributed by atoms with Gasteiger partial charge in [0, 0.05) is 13.1 Å². The van der Waals surface area contributed by atoms with E-state index in [-0.39, 0.29) is 6.23 Å². The molecule has 1 N–H and O–H groups in total. The van der Waals surface area contributed by atoms with Gasteiger partial charge in [-0.25, -0.2) is 0 Å². The second-order valence-corrected chi connectivity index (χ2v) is 3.08. The predicted octanol–water partition coefficient (Wildman–Crippen LogP) is -0.428. The maximum absolute atomic E-state index is 9.41. The molecule has 1 aliphatic heterocycles. The summed E-state index contributed by atoms with van der Waals surface area (Å²) in [5, 5.41) is 9.41. The lowest BCUT2D eigenvalue weighted by Gasteiger charge is -2.21. The van der Waals surface area contributed by atoms with E-state index in [4.69, 9.17) is 0 Å². The van der Waals surface area contributed by atoms with Crippen molar-refractivity contribution >= 4 is 0 Å². The molecule has 0 aromatic heterocycles. The van der Waals surface area contributed by atoms with Crippen LogP contribution in [0, 0.1) is 0 Å². The zero-order chi connectivity index (χ0) is 7.56. The Balaban J connectivity index is 2.41. The summed E-state index contributed by atoms with van der Waals surface area (Å²) in [5.41, 5.74) is 0. The normalized spacial score (nSPS) is 32.1. The first kappa shape index (κ1) is 7.98. The van der Waals surface area contributed by atoms with Crippen molar-refractivity contribution in [2.24, 2.45) is 0 Å². The van der Waals surface area contributed by atoms with Crippen LogP contribution < -0.4 is 0 Å². The Morgan fingerprint density at radius 2 is 2.00 bits per heavy atom. The standard InChI is InChI=1S/C7H16N2O/c1-8-4-3-5-9(2)7(10)6-8/h7,10H,3-6H2,1-2H3.